The summed E-state index contributed by atoms with van der Waals surface area (Å²) in [5.74, 6) is -1.12. The van der Waals surface area contributed by atoms with E-state index < -0.39 is 23.7 Å². The Balaban J connectivity index is 2.12. The van der Waals surface area contributed by atoms with Crippen LogP contribution in [0.4, 0.5) is 4.79 Å². The summed E-state index contributed by atoms with van der Waals surface area (Å²) in [5, 5.41) is 12.5. The lowest BCUT2D eigenvalue weighted by Gasteiger charge is -2.21. The number of fused-ring (bicyclic) bond motifs is 1. The SMILES string of the molecule is CC(C)(C)OC(=O)N[C@H](Cc1c[nH]c2ccncc12)C(=O)O. The number of hydrogen-bond acceptors (Lipinski definition) is 4. The highest BCUT2D eigenvalue weighted by atomic mass is 16.6. The fourth-order valence-electron chi connectivity index (χ4n) is 2.06. The second kappa shape index (κ2) is 6.05. The molecule has 0 saturated heterocycles. The summed E-state index contributed by atoms with van der Waals surface area (Å²) in [6.45, 7) is 5.15. The summed E-state index contributed by atoms with van der Waals surface area (Å²) in [7, 11) is 0. The van der Waals surface area contributed by atoms with E-state index in [0.717, 1.165) is 16.5 Å². The summed E-state index contributed by atoms with van der Waals surface area (Å²) in [6, 6.07) is 0.727. The Kier molecular flexibility index (Phi) is 4.35. The van der Waals surface area contributed by atoms with Crippen molar-refractivity contribution >= 4 is 23.0 Å². The van der Waals surface area contributed by atoms with Crippen LogP contribution in [0.3, 0.4) is 0 Å². The van der Waals surface area contributed by atoms with Gasteiger partial charge in [-0.2, -0.15) is 0 Å². The molecular weight excluding hydrogens is 286 g/mol. The molecule has 0 aromatic carbocycles. The number of alkyl carbamates (subject to hydrolysis) is 1. The van der Waals surface area contributed by atoms with Gasteiger partial charge in [-0.15, -0.1) is 0 Å². The number of aromatic nitrogens is 2. The second-order valence-corrected chi connectivity index (χ2v) is 5.98. The number of hydrogen-bond donors (Lipinski definition) is 3. The number of nitrogens with one attached hydrogen (secondary N) is 2. The van der Waals surface area contributed by atoms with E-state index in [-0.39, 0.29) is 6.42 Å². The average molecular weight is 305 g/mol. The molecule has 0 unspecified atom stereocenters. The maximum atomic E-state index is 11.7. The van der Waals surface area contributed by atoms with Crippen LogP contribution in [0.2, 0.25) is 0 Å². The number of aromatic amines is 1. The lowest BCUT2D eigenvalue weighted by atomic mass is 10.1. The number of carbonyl (C=O) groups excluding carboxylic acids is 1. The van der Waals surface area contributed by atoms with Crippen molar-refractivity contribution in [3.8, 4) is 0 Å². The van der Waals surface area contributed by atoms with Gasteiger partial charge in [0.15, 0.2) is 0 Å². The highest BCUT2D eigenvalue weighted by Gasteiger charge is 2.25. The second-order valence-electron chi connectivity index (χ2n) is 5.98. The van der Waals surface area contributed by atoms with Crippen LogP contribution >= 0.6 is 0 Å². The fourth-order valence-corrected chi connectivity index (χ4v) is 2.06. The van der Waals surface area contributed by atoms with E-state index in [0.29, 0.717) is 0 Å². The van der Waals surface area contributed by atoms with Crippen molar-refractivity contribution in [2.24, 2.45) is 0 Å². The minimum absolute atomic E-state index is 0.139. The van der Waals surface area contributed by atoms with Crippen LogP contribution in [0.15, 0.2) is 24.7 Å². The molecule has 7 nitrogen and oxygen atoms in total. The van der Waals surface area contributed by atoms with Gasteiger partial charge in [0.2, 0.25) is 0 Å². The Morgan fingerprint density at radius 2 is 2.18 bits per heavy atom. The molecule has 2 aromatic rings. The Labute approximate surface area is 127 Å². The van der Waals surface area contributed by atoms with Crippen molar-refractivity contribution in [1.29, 1.82) is 0 Å². The number of pyridine rings is 1. The molecule has 3 N–H and O–H groups in total. The fraction of sp³-hybridized carbons (Fsp3) is 0.400. The Morgan fingerprint density at radius 3 is 2.82 bits per heavy atom. The number of ether oxygens (including phenoxy) is 1. The maximum Gasteiger partial charge on any atom is 0.408 e. The largest absolute Gasteiger partial charge is 0.480 e. The van der Waals surface area contributed by atoms with Gasteiger partial charge < -0.3 is 20.1 Å². The molecule has 118 valence electrons. The van der Waals surface area contributed by atoms with Gasteiger partial charge >= 0.3 is 12.1 Å². The Hall–Kier alpha value is -2.57. The molecule has 0 spiro atoms. The Bertz CT molecular complexity index is 687. The molecule has 1 atom stereocenters. The first-order valence-electron chi connectivity index (χ1n) is 6.88. The van der Waals surface area contributed by atoms with Crippen LogP contribution in [0.25, 0.3) is 10.9 Å². The molecule has 0 fully saturated rings. The summed E-state index contributed by atoms with van der Waals surface area (Å²) in [4.78, 5) is 30.2. The van der Waals surface area contributed by atoms with Gasteiger partial charge in [0.1, 0.15) is 11.6 Å². The van der Waals surface area contributed by atoms with Gasteiger partial charge in [-0.1, -0.05) is 0 Å². The quantitative estimate of drug-likeness (QED) is 0.802. The molecule has 0 aliphatic carbocycles. The third-order valence-electron chi connectivity index (χ3n) is 2.98. The van der Waals surface area contributed by atoms with E-state index >= 15 is 0 Å². The third kappa shape index (κ3) is 3.97. The van der Waals surface area contributed by atoms with E-state index in [1.54, 1.807) is 45.4 Å². The van der Waals surface area contributed by atoms with Gasteiger partial charge in [0, 0.05) is 35.9 Å². The van der Waals surface area contributed by atoms with Gasteiger partial charge in [-0.25, -0.2) is 9.59 Å². The van der Waals surface area contributed by atoms with Crippen LogP contribution in [0.5, 0.6) is 0 Å². The predicted octanol–water partition coefficient (Wildman–Crippen LogP) is 2.08. The molecule has 0 aliphatic heterocycles. The van der Waals surface area contributed by atoms with Crippen LogP contribution < -0.4 is 5.32 Å². The summed E-state index contributed by atoms with van der Waals surface area (Å²) in [6.07, 6.45) is 4.42. The topological polar surface area (TPSA) is 104 Å². The minimum Gasteiger partial charge on any atom is -0.480 e. The molecule has 0 bridgehead atoms. The zero-order chi connectivity index (χ0) is 16.3. The number of rotatable bonds is 4. The first kappa shape index (κ1) is 15.8. The normalized spacial score (nSPS) is 12.9. The number of carboxylic acids is 1. The van der Waals surface area contributed by atoms with Crippen LogP contribution in [-0.2, 0) is 16.0 Å². The van der Waals surface area contributed by atoms with E-state index in [9.17, 15) is 14.7 Å². The monoisotopic (exact) mass is 305 g/mol. The van der Waals surface area contributed by atoms with Crippen molar-refractivity contribution in [2.45, 2.75) is 38.8 Å². The van der Waals surface area contributed by atoms with E-state index in [1.807, 2.05) is 0 Å². The van der Waals surface area contributed by atoms with Gasteiger partial charge in [-0.3, -0.25) is 4.98 Å². The zero-order valence-electron chi connectivity index (χ0n) is 12.7. The summed E-state index contributed by atoms with van der Waals surface area (Å²) >= 11 is 0. The van der Waals surface area contributed by atoms with Crippen LogP contribution in [-0.4, -0.2) is 38.8 Å². The van der Waals surface area contributed by atoms with Gasteiger partial charge in [0.25, 0.3) is 0 Å². The number of amides is 1. The Morgan fingerprint density at radius 1 is 1.45 bits per heavy atom. The minimum atomic E-state index is -1.12. The molecule has 7 heteroatoms. The summed E-state index contributed by atoms with van der Waals surface area (Å²) in [5.41, 5.74) is 0.954. The van der Waals surface area contributed by atoms with Crippen molar-refractivity contribution < 1.29 is 19.4 Å². The molecule has 0 saturated carbocycles. The van der Waals surface area contributed by atoms with Crippen LogP contribution in [0.1, 0.15) is 26.3 Å². The van der Waals surface area contributed by atoms with Crippen molar-refractivity contribution in [3.05, 3.63) is 30.2 Å². The number of aliphatic carboxylic acids is 1. The van der Waals surface area contributed by atoms with Gasteiger partial charge in [-0.05, 0) is 32.4 Å². The first-order valence-corrected chi connectivity index (χ1v) is 6.88. The van der Waals surface area contributed by atoms with Crippen molar-refractivity contribution in [3.63, 3.8) is 0 Å². The molecular formula is C15H19N3O4. The number of carboxylic acid groups (broad SMARTS) is 1. The molecule has 2 heterocycles. The summed E-state index contributed by atoms with van der Waals surface area (Å²) < 4.78 is 5.09. The standard InChI is InChI=1S/C15H19N3O4/c1-15(2,3)22-14(21)18-12(13(19)20)6-9-7-17-11-4-5-16-8-10(9)11/h4-5,7-8,12,17H,6H2,1-3H3,(H,18,21)(H,19,20)/t12-/m1/s1. The van der Waals surface area contributed by atoms with E-state index in [1.165, 1.54) is 0 Å². The van der Waals surface area contributed by atoms with Gasteiger partial charge in [0.05, 0.1) is 0 Å². The van der Waals surface area contributed by atoms with Crippen molar-refractivity contribution in [1.82, 2.24) is 15.3 Å². The molecule has 2 rings (SSSR count). The maximum absolute atomic E-state index is 11.7. The van der Waals surface area contributed by atoms with E-state index in [4.69, 9.17) is 4.74 Å². The average Bonchev–Trinajstić information content (AvgIpc) is 2.79. The van der Waals surface area contributed by atoms with Crippen LogP contribution in [0, 0.1) is 0 Å². The highest BCUT2D eigenvalue weighted by molar-refractivity contribution is 5.84. The number of H-pyrrole nitrogens is 1. The molecule has 2 aromatic heterocycles. The first-order chi connectivity index (χ1) is 10.3. The predicted molar refractivity (Wildman–Crippen MR) is 80.6 cm³/mol. The molecule has 1 amide bonds. The number of nitrogens with zero attached hydrogens (tertiary/aromatic N) is 1. The third-order valence-corrected chi connectivity index (χ3v) is 2.98. The zero-order valence-corrected chi connectivity index (χ0v) is 12.7. The molecule has 22 heavy (non-hydrogen) atoms. The lowest BCUT2D eigenvalue weighted by molar-refractivity contribution is -0.139. The smallest absolute Gasteiger partial charge is 0.408 e. The highest BCUT2D eigenvalue weighted by Crippen LogP contribution is 2.18. The van der Waals surface area contributed by atoms with E-state index in [2.05, 4.69) is 15.3 Å². The van der Waals surface area contributed by atoms with Crippen molar-refractivity contribution in [2.75, 3.05) is 0 Å². The molecule has 0 radical (unpaired) electrons. The number of carbonyl (C=O) groups is 2. The lowest BCUT2D eigenvalue weighted by Crippen LogP contribution is -2.44. The molecule has 0 aliphatic rings.